The number of rotatable bonds is 11. The van der Waals surface area contributed by atoms with Gasteiger partial charge in [0.2, 0.25) is 5.91 Å². The first kappa shape index (κ1) is 31.4. The number of nitrogens with zero attached hydrogens (tertiary/aromatic N) is 4. The lowest BCUT2D eigenvalue weighted by Gasteiger charge is -2.35. The molecule has 45 heavy (non-hydrogen) atoms. The Morgan fingerprint density at radius 3 is 2.27 bits per heavy atom. The van der Waals surface area contributed by atoms with Gasteiger partial charge in [0.1, 0.15) is 17.6 Å². The molecule has 236 valence electrons. The molecule has 3 aromatic rings. The number of fused-ring (bicyclic) bond motifs is 1. The molecule has 5 rings (SSSR count). The van der Waals surface area contributed by atoms with Crippen molar-refractivity contribution in [2.75, 3.05) is 38.1 Å². The van der Waals surface area contributed by atoms with Crippen molar-refractivity contribution in [3.63, 3.8) is 0 Å². The zero-order valence-corrected chi connectivity index (χ0v) is 25.0. The van der Waals surface area contributed by atoms with Crippen LogP contribution >= 0.6 is 0 Å². The highest BCUT2D eigenvalue weighted by atomic mass is 16.8. The molecule has 2 aliphatic rings. The topological polar surface area (TPSA) is 163 Å². The summed E-state index contributed by atoms with van der Waals surface area (Å²) in [4.78, 5) is 66.1. The fraction of sp³-hybridized carbons (Fsp3) is 0.375. The Labute approximate surface area is 260 Å². The predicted molar refractivity (Wildman–Crippen MR) is 163 cm³/mol. The van der Waals surface area contributed by atoms with E-state index in [1.54, 1.807) is 13.0 Å². The minimum atomic E-state index is -1.11. The normalized spacial score (nSPS) is 15.5. The summed E-state index contributed by atoms with van der Waals surface area (Å²) >= 11 is 0. The van der Waals surface area contributed by atoms with Crippen LogP contribution in [0.25, 0.3) is 11.4 Å². The van der Waals surface area contributed by atoms with Crippen molar-refractivity contribution >= 4 is 29.8 Å². The van der Waals surface area contributed by atoms with Crippen LogP contribution in [0.1, 0.15) is 41.4 Å². The molecule has 2 aromatic carbocycles. The number of benzene rings is 2. The van der Waals surface area contributed by atoms with Gasteiger partial charge < -0.3 is 30.2 Å². The lowest BCUT2D eigenvalue weighted by atomic mass is 10.1. The minimum Gasteiger partial charge on any atom is -0.481 e. The van der Waals surface area contributed by atoms with Crippen LogP contribution in [0.15, 0.2) is 60.7 Å². The molecule has 1 atom stereocenters. The first-order valence-electron chi connectivity index (χ1n) is 15.0. The van der Waals surface area contributed by atoms with E-state index in [0.717, 1.165) is 12.8 Å². The van der Waals surface area contributed by atoms with Crippen molar-refractivity contribution in [3.05, 3.63) is 77.5 Å². The van der Waals surface area contributed by atoms with Crippen LogP contribution in [0.3, 0.4) is 0 Å². The monoisotopic (exact) mass is 616 g/mol. The van der Waals surface area contributed by atoms with Gasteiger partial charge >= 0.3 is 12.1 Å². The Hall–Kier alpha value is -5.04. The summed E-state index contributed by atoms with van der Waals surface area (Å²) in [6.07, 6.45) is 0.367. The van der Waals surface area contributed by atoms with E-state index in [1.807, 2.05) is 42.5 Å². The molecule has 0 saturated carbocycles. The van der Waals surface area contributed by atoms with Crippen molar-refractivity contribution in [1.82, 2.24) is 25.2 Å². The molecule has 1 fully saturated rings. The Bertz CT molecular complexity index is 1500. The number of amides is 2. The summed E-state index contributed by atoms with van der Waals surface area (Å²) in [5, 5.41) is 16.9. The summed E-state index contributed by atoms with van der Waals surface area (Å²) in [6, 6.07) is 18.0. The SMILES string of the molecule is CCOC(=O)ON1CCN(C(=O)[C@H](CCC(=O)O)NC(=O)c2cc(NC3Cc4ccccc4C3)nc(-c3ccccc3)n2)CC1. The number of aromatic nitrogens is 2. The van der Waals surface area contributed by atoms with Gasteiger partial charge in [-0.05, 0) is 37.3 Å². The minimum absolute atomic E-state index is 0.0441. The van der Waals surface area contributed by atoms with Crippen molar-refractivity contribution in [2.24, 2.45) is 0 Å². The Morgan fingerprint density at radius 2 is 1.62 bits per heavy atom. The Kier molecular flexibility index (Phi) is 10.2. The van der Waals surface area contributed by atoms with Crippen LogP contribution in [0, 0.1) is 0 Å². The summed E-state index contributed by atoms with van der Waals surface area (Å²) < 4.78 is 4.79. The number of carboxylic acid groups (broad SMARTS) is 1. The third-order valence-corrected chi connectivity index (χ3v) is 7.66. The predicted octanol–water partition coefficient (Wildman–Crippen LogP) is 2.92. The van der Waals surface area contributed by atoms with E-state index in [0.29, 0.717) is 17.2 Å². The highest BCUT2D eigenvalue weighted by Gasteiger charge is 2.31. The van der Waals surface area contributed by atoms with Crippen LogP contribution in [0.5, 0.6) is 0 Å². The highest BCUT2D eigenvalue weighted by Crippen LogP contribution is 2.25. The van der Waals surface area contributed by atoms with Gasteiger partial charge in [0.25, 0.3) is 5.91 Å². The molecule has 1 saturated heterocycles. The van der Waals surface area contributed by atoms with Crippen LogP contribution < -0.4 is 10.6 Å². The van der Waals surface area contributed by atoms with E-state index < -0.39 is 30.0 Å². The number of carbonyl (C=O) groups is 4. The first-order valence-corrected chi connectivity index (χ1v) is 15.0. The maximum atomic E-state index is 13.6. The molecule has 1 aliphatic carbocycles. The molecule has 0 radical (unpaired) electrons. The van der Waals surface area contributed by atoms with Gasteiger partial charge in [-0.3, -0.25) is 14.4 Å². The van der Waals surface area contributed by atoms with E-state index in [2.05, 4.69) is 27.8 Å². The number of anilines is 1. The maximum absolute atomic E-state index is 13.6. The highest BCUT2D eigenvalue weighted by molar-refractivity contribution is 5.97. The molecule has 3 N–H and O–H groups in total. The zero-order valence-electron chi connectivity index (χ0n) is 25.0. The van der Waals surface area contributed by atoms with E-state index >= 15 is 0 Å². The molecule has 2 heterocycles. The largest absolute Gasteiger partial charge is 0.527 e. The standard InChI is InChI=1S/C32H36N6O7/c1-2-44-32(43)45-38-16-14-37(15-17-38)31(42)25(12-13-28(39)40)35-30(41)26-20-27(36-29(34-26)21-8-4-3-5-9-21)33-24-18-22-10-6-7-11-23(22)19-24/h3-11,20,24-25H,2,12-19H2,1H3,(H,35,41)(H,39,40)(H,33,34,36)/t25-/m0/s1. The number of aliphatic carboxylic acids is 1. The summed E-state index contributed by atoms with van der Waals surface area (Å²) in [6.45, 7) is 2.73. The molecule has 1 aromatic heterocycles. The van der Waals surface area contributed by atoms with Crippen LogP contribution in [-0.4, -0.2) is 93.8 Å². The third kappa shape index (κ3) is 8.32. The van der Waals surface area contributed by atoms with Gasteiger partial charge in [-0.1, -0.05) is 54.6 Å². The molecule has 2 amide bonds. The Morgan fingerprint density at radius 1 is 0.956 bits per heavy atom. The number of nitrogens with one attached hydrogen (secondary N) is 2. The molecule has 1 aliphatic heterocycles. The van der Waals surface area contributed by atoms with Gasteiger partial charge in [-0.2, -0.15) is 0 Å². The fourth-order valence-corrected chi connectivity index (χ4v) is 5.45. The lowest BCUT2D eigenvalue weighted by Crippen LogP contribution is -2.55. The first-order chi connectivity index (χ1) is 21.8. The van der Waals surface area contributed by atoms with Gasteiger partial charge in [-0.15, -0.1) is 5.06 Å². The van der Waals surface area contributed by atoms with E-state index in [-0.39, 0.29) is 57.4 Å². The third-order valence-electron chi connectivity index (χ3n) is 7.66. The second-order valence-corrected chi connectivity index (χ2v) is 10.8. The number of ether oxygens (including phenoxy) is 1. The number of hydrogen-bond acceptors (Lipinski definition) is 10. The van der Waals surface area contributed by atoms with Crippen molar-refractivity contribution in [1.29, 1.82) is 0 Å². The maximum Gasteiger partial charge on any atom is 0.527 e. The second kappa shape index (κ2) is 14.6. The molecular weight excluding hydrogens is 580 g/mol. The van der Waals surface area contributed by atoms with Gasteiger partial charge in [0, 0.05) is 37.2 Å². The molecule has 13 heteroatoms. The number of hydroxylamine groups is 2. The summed E-state index contributed by atoms with van der Waals surface area (Å²) in [5.41, 5.74) is 3.28. The van der Waals surface area contributed by atoms with Crippen LogP contribution in [-0.2, 0) is 32.0 Å². The van der Waals surface area contributed by atoms with Gasteiger partial charge in [-0.25, -0.2) is 14.8 Å². The molecule has 13 nitrogen and oxygen atoms in total. The number of hydrogen-bond donors (Lipinski definition) is 3. The van der Waals surface area contributed by atoms with Crippen molar-refractivity contribution < 1.29 is 33.9 Å². The van der Waals surface area contributed by atoms with Crippen molar-refractivity contribution in [2.45, 2.75) is 44.7 Å². The quantitative estimate of drug-likeness (QED) is 0.272. The van der Waals surface area contributed by atoms with Crippen LogP contribution in [0.2, 0.25) is 0 Å². The zero-order chi connectivity index (χ0) is 31.8. The smallest absolute Gasteiger partial charge is 0.481 e. The number of carbonyl (C=O) groups excluding carboxylic acids is 3. The molecular formula is C32H36N6O7. The fourth-order valence-electron chi connectivity index (χ4n) is 5.45. The van der Waals surface area contributed by atoms with Crippen LogP contribution in [0.4, 0.5) is 10.6 Å². The molecule has 0 unspecified atom stereocenters. The van der Waals surface area contributed by atoms with Gasteiger partial charge in [0.05, 0.1) is 19.7 Å². The lowest BCUT2D eigenvalue weighted by molar-refractivity contribution is -0.157. The second-order valence-electron chi connectivity index (χ2n) is 10.8. The number of piperazine rings is 1. The average Bonchev–Trinajstić information content (AvgIpc) is 3.45. The average molecular weight is 617 g/mol. The Balaban J connectivity index is 1.32. The molecule has 0 bridgehead atoms. The summed E-state index contributed by atoms with van der Waals surface area (Å²) in [5.74, 6) is -1.34. The van der Waals surface area contributed by atoms with E-state index in [9.17, 15) is 24.3 Å². The van der Waals surface area contributed by atoms with E-state index in [4.69, 9.17) is 14.6 Å². The summed E-state index contributed by atoms with van der Waals surface area (Å²) in [7, 11) is 0. The van der Waals surface area contributed by atoms with Gasteiger partial charge in [0.15, 0.2) is 5.82 Å². The van der Waals surface area contributed by atoms with Crippen molar-refractivity contribution in [3.8, 4) is 11.4 Å². The van der Waals surface area contributed by atoms with E-state index in [1.165, 1.54) is 21.1 Å². The molecule has 0 spiro atoms. The number of carboxylic acids is 1.